The van der Waals surface area contributed by atoms with Crippen molar-refractivity contribution in [2.24, 2.45) is 0 Å². The average molecular weight is 212 g/mol. The van der Waals surface area contributed by atoms with Gasteiger partial charge in [-0.05, 0) is 0 Å². The number of epoxide rings is 1. The highest BCUT2D eigenvalue weighted by atomic mass is 16.6. The molecule has 1 fully saturated rings. The van der Waals surface area contributed by atoms with Crippen molar-refractivity contribution in [2.45, 2.75) is 0 Å². The van der Waals surface area contributed by atoms with Crippen LogP contribution in [0.15, 0.2) is 14.4 Å². The van der Waals surface area contributed by atoms with Gasteiger partial charge in [0.25, 0.3) is 5.56 Å². The van der Waals surface area contributed by atoms with E-state index in [1.54, 1.807) is 0 Å². The van der Waals surface area contributed by atoms with Crippen LogP contribution in [0.4, 0.5) is 0 Å². The third kappa shape index (κ3) is 2.23. The van der Waals surface area contributed by atoms with E-state index in [4.69, 9.17) is 0 Å². The summed E-state index contributed by atoms with van der Waals surface area (Å²) in [6.07, 6.45) is 0. The largest absolute Gasteiger partial charge is 0.377 e. The summed E-state index contributed by atoms with van der Waals surface area (Å²) in [5, 5.41) is 0. The van der Waals surface area contributed by atoms with Crippen molar-refractivity contribution in [3.63, 3.8) is 0 Å². The Morgan fingerprint density at radius 1 is 0.867 bits per heavy atom. The molecule has 4 N–H and O–H groups in total. The number of rotatable bonds is 0. The van der Waals surface area contributed by atoms with Gasteiger partial charge in [-0.25, -0.2) is 9.59 Å². The zero-order valence-corrected chi connectivity index (χ0v) is 7.55. The van der Waals surface area contributed by atoms with Crippen LogP contribution in [0.5, 0.6) is 0 Å². The van der Waals surface area contributed by atoms with Gasteiger partial charge in [0.05, 0.1) is 13.2 Å². The lowest BCUT2D eigenvalue weighted by Gasteiger charge is -1.83. The first-order valence-electron chi connectivity index (χ1n) is 4.19. The highest BCUT2D eigenvalue weighted by Crippen LogP contribution is 1.88. The van der Waals surface area contributed by atoms with E-state index in [1.165, 1.54) is 0 Å². The summed E-state index contributed by atoms with van der Waals surface area (Å²) in [7, 11) is 0. The van der Waals surface area contributed by atoms with Crippen molar-refractivity contribution in [2.75, 3.05) is 13.2 Å². The van der Waals surface area contributed by atoms with Crippen LogP contribution in [-0.2, 0) is 4.74 Å². The van der Waals surface area contributed by atoms with Crippen LogP contribution in [0, 0.1) is 0 Å². The predicted octanol–water partition coefficient (Wildman–Crippen LogP) is -1.75. The van der Waals surface area contributed by atoms with Crippen LogP contribution in [-0.4, -0.2) is 33.1 Å². The molecule has 0 atom stereocenters. The molecule has 0 amide bonds. The molecule has 2 aromatic heterocycles. The highest BCUT2D eigenvalue weighted by molar-refractivity contribution is 5.67. The first kappa shape index (κ1) is 9.46. The Morgan fingerprint density at radius 2 is 1.40 bits per heavy atom. The lowest BCUT2D eigenvalue weighted by Crippen LogP contribution is -2.21. The fraction of sp³-hybridized carbons (Fsp3) is 0.286. The summed E-state index contributed by atoms with van der Waals surface area (Å²) in [5.41, 5.74) is -1.65. The van der Waals surface area contributed by atoms with Crippen molar-refractivity contribution in [1.29, 1.82) is 0 Å². The van der Waals surface area contributed by atoms with E-state index in [0.717, 1.165) is 13.2 Å². The molecular formula is C7H8N4O4. The number of ether oxygens (including phenoxy) is 1. The molecule has 0 spiro atoms. The molecule has 3 rings (SSSR count). The Kier molecular flexibility index (Phi) is 2.26. The summed E-state index contributed by atoms with van der Waals surface area (Å²) < 4.78 is 4.50. The summed E-state index contributed by atoms with van der Waals surface area (Å²) in [6.45, 7) is 2.00. The molecule has 0 saturated carbocycles. The molecular weight excluding hydrogens is 204 g/mol. The van der Waals surface area contributed by atoms with Gasteiger partial charge in [-0.15, -0.1) is 0 Å². The van der Waals surface area contributed by atoms with Gasteiger partial charge in [0, 0.05) is 0 Å². The van der Waals surface area contributed by atoms with Gasteiger partial charge in [-0.1, -0.05) is 0 Å². The van der Waals surface area contributed by atoms with E-state index >= 15 is 0 Å². The maximum absolute atomic E-state index is 10.9. The van der Waals surface area contributed by atoms with E-state index < -0.39 is 16.9 Å². The number of nitrogens with one attached hydrogen (secondary N) is 4. The van der Waals surface area contributed by atoms with Gasteiger partial charge in [0.1, 0.15) is 11.2 Å². The van der Waals surface area contributed by atoms with Crippen molar-refractivity contribution in [3.05, 3.63) is 31.3 Å². The van der Waals surface area contributed by atoms with Gasteiger partial charge >= 0.3 is 11.4 Å². The number of fused-ring (bicyclic) bond motifs is 1. The number of aromatic amines is 4. The first-order chi connectivity index (χ1) is 7.16. The summed E-state index contributed by atoms with van der Waals surface area (Å²) in [4.78, 5) is 41.0. The minimum Gasteiger partial charge on any atom is -0.377 e. The second-order valence-electron chi connectivity index (χ2n) is 2.85. The van der Waals surface area contributed by atoms with Crippen LogP contribution >= 0.6 is 0 Å². The molecule has 0 aromatic carbocycles. The third-order valence-corrected chi connectivity index (χ3v) is 1.62. The number of hydrogen-bond acceptors (Lipinski definition) is 4. The Bertz CT molecular complexity index is 626. The lowest BCUT2D eigenvalue weighted by molar-refractivity contribution is 0.475. The van der Waals surface area contributed by atoms with Crippen LogP contribution in [0.3, 0.4) is 0 Å². The normalized spacial score (nSPS) is 13.3. The molecule has 1 saturated heterocycles. The van der Waals surface area contributed by atoms with Crippen LogP contribution in [0.25, 0.3) is 11.2 Å². The predicted molar refractivity (Wildman–Crippen MR) is 51.0 cm³/mol. The smallest absolute Gasteiger partial charge is 0.327 e. The maximum atomic E-state index is 10.9. The highest BCUT2D eigenvalue weighted by Gasteiger charge is 2.02. The van der Waals surface area contributed by atoms with E-state index in [0.29, 0.717) is 0 Å². The topological polar surface area (TPSA) is 127 Å². The molecule has 3 heterocycles. The van der Waals surface area contributed by atoms with Gasteiger partial charge in [-0.3, -0.25) is 24.7 Å². The van der Waals surface area contributed by atoms with Crippen molar-refractivity contribution in [3.8, 4) is 0 Å². The van der Waals surface area contributed by atoms with Crippen molar-refractivity contribution in [1.82, 2.24) is 19.9 Å². The molecule has 15 heavy (non-hydrogen) atoms. The zero-order valence-electron chi connectivity index (χ0n) is 7.55. The van der Waals surface area contributed by atoms with Crippen LogP contribution < -0.4 is 16.9 Å². The fourth-order valence-corrected chi connectivity index (χ4v) is 0.958. The molecule has 2 aromatic rings. The van der Waals surface area contributed by atoms with Crippen molar-refractivity contribution < 1.29 is 4.74 Å². The quantitative estimate of drug-likeness (QED) is 0.386. The Morgan fingerprint density at radius 3 is 1.93 bits per heavy atom. The number of H-pyrrole nitrogens is 4. The molecule has 0 unspecified atom stereocenters. The summed E-state index contributed by atoms with van der Waals surface area (Å²) in [6, 6.07) is 0. The first-order valence-corrected chi connectivity index (χ1v) is 4.19. The van der Waals surface area contributed by atoms with E-state index in [2.05, 4.69) is 19.7 Å². The molecule has 8 heteroatoms. The molecule has 0 bridgehead atoms. The lowest BCUT2D eigenvalue weighted by atomic mass is 10.5. The number of aromatic nitrogens is 4. The second-order valence-corrected chi connectivity index (χ2v) is 2.85. The minimum absolute atomic E-state index is 0.0413. The van der Waals surface area contributed by atoms with Gasteiger partial charge in [0.15, 0.2) is 0 Å². The van der Waals surface area contributed by atoms with Crippen LogP contribution in [0.1, 0.15) is 0 Å². The Labute approximate surface area is 81.3 Å². The summed E-state index contributed by atoms with van der Waals surface area (Å²) in [5.74, 6) is 0. The van der Waals surface area contributed by atoms with Gasteiger partial charge < -0.3 is 4.74 Å². The molecule has 0 aliphatic carbocycles. The molecule has 0 radical (unpaired) electrons. The molecule has 80 valence electrons. The molecule has 1 aliphatic rings. The fourth-order valence-electron chi connectivity index (χ4n) is 0.958. The van der Waals surface area contributed by atoms with E-state index in [9.17, 15) is 14.4 Å². The van der Waals surface area contributed by atoms with Gasteiger partial charge in [0.2, 0.25) is 0 Å². The number of imidazole rings is 1. The minimum atomic E-state index is -0.650. The SMILES string of the molecule is C1CO1.O=c1[nH]c(=O)c2[nH]c(=O)[nH]c2[nH]1. The van der Waals surface area contributed by atoms with Crippen molar-refractivity contribution >= 4 is 11.2 Å². The monoisotopic (exact) mass is 212 g/mol. The standard InChI is InChI=1S/C5H4N4O3.C2H4O/c10-3-1-2(7-4(11)6-1)8-5(12)9-3;1-2-3-1/h(H4,6,7,8,9,10,11,12);1-2H2. The zero-order chi connectivity index (χ0) is 10.8. The Hall–Kier alpha value is -2.09. The van der Waals surface area contributed by atoms with Gasteiger partial charge in [-0.2, -0.15) is 0 Å². The molecule has 8 nitrogen and oxygen atoms in total. The van der Waals surface area contributed by atoms with E-state index in [-0.39, 0.29) is 11.2 Å². The molecule has 1 aliphatic heterocycles. The Balaban J connectivity index is 0.000000244. The van der Waals surface area contributed by atoms with E-state index in [1.807, 2.05) is 4.98 Å². The second kappa shape index (κ2) is 3.58. The average Bonchev–Trinajstić information content (AvgIpc) is 2.95. The maximum Gasteiger partial charge on any atom is 0.327 e. The third-order valence-electron chi connectivity index (χ3n) is 1.62. The van der Waals surface area contributed by atoms with Crippen LogP contribution in [0.2, 0.25) is 0 Å². The summed E-state index contributed by atoms with van der Waals surface area (Å²) >= 11 is 0. The number of hydrogen-bond donors (Lipinski definition) is 4.